The van der Waals surface area contributed by atoms with E-state index in [1.165, 1.54) is 19.3 Å². The van der Waals surface area contributed by atoms with E-state index in [2.05, 4.69) is 12.2 Å². The van der Waals surface area contributed by atoms with Gasteiger partial charge in [-0.15, -0.1) is 0 Å². The van der Waals surface area contributed by atoms with Crippen LogP contribution in [0.25, 0.3) is 0 Å². The summed E-state index contributed by atoms with van der Waals surface area (Å²) < 4.78 is 0. The lowest BCUT2D eigenvalue weighted by Gasteiger charge is -2.34. The highest BCUT2D eigenvalue weighted by molar-refractivity contribution is 5.76. The topological polar surface area (TPSA) is 32.3 Å². The molecule has 3 heteroatoms. The first kappa shape index (κ1) is 10.5. The molecule has 1 saturated carbocycles. The second-order valence-electron chi connectivity index (χ2n) is 3.69. The fourth-order valence-electron chi connectivity index (χ4n) is 1.53. The van der Waals surface area contributed by atoms with Crippen LogP contribution < -0.4 is 5.32 Å². The van der Waals surface area contributed by atoms with Gasteiger partial charge in [-0.3, -0.25) is 4.79 Å². The Morgan fingerprint density at radius 2 is 2.23 bits per heavy atom. The zero-order valence-electron chi connectivity index (χ0n) is 8.68. The van der Waals surface area contributed by atoms with E-state index in [-0.39, 0.29) is 5.91 Å². The van der Waals surface area contributed by atoms with Gasteiger partial charge in [-0.2, -0.15) is 0 Å². The molecule has 0 heterocycles. The van der Waals surface area contributed by atoms with Crippen molar-refractivity contribution in [2.75, 3.05) is 20.1 Å². The van der Waals surface area contributed by atoms with Gasteiger partial charge in [0.15, 0.2) is 0 Å². The number of carbonyl (C=O) groups is 1. The summed E-state index contributed by atoms with van der Waals surface area (Å²) in [4.78, 5) is 13.5. The van der Waals surface area contributed by atoms with Crippen molar-refractivity contribution in [2.24, 2.45) is 0 Å². The molecule has 1 aliphatic carbocycles. The van der Waals surface area contributed by atoms with E-state index < -0.39 is 0 Å². The van der Waals surface area contributed by atoms with Crippen LogP contribution in [0, 0.1) is 0 Å². The summed E-state index contributed by atoms with van der Waals surface area (Å²) in [5.74, 6) is 0.283. The molecule has 3 nitrogen and oxygen atoms in total. The van der Waals surface area contributed by atoms with Crippen LogP contribution in [-0.4, -0.2) is 37.0 Å². The van der Waals surface area contributed by atoms with Crippen LogP contribution in [0.1, 0.15) is 32.6 Å². The van der Waals surface area contributed by atoms with Crippen molar-refractivity contribution in [1.29, 1.82) is 0 Å². The first-order valence-electron chi connectivity index (χ1n) is 5.22. The van der Waals surface area contributed by atoms with Gasteiger partial charge in [-0.25, -0.2) is 0 Å². The zero-order chi connectivity index (χ0) is 9.68. The fourth-order valence-corrected chi connectivity index (χ4v) is 1.53. The molecule has 0 atom stereocenters. The molecule has 1 N–H and O–H groups in total. The Hall–Kier alpha value is -0.570. The van der Waals surface area contributed by atoms with Gasteiger partial charge in [0.05, 0.1) is 0 Å². The Balaban J connectivity index is 2.13. The first-order valence-corrected chi connectivity index (χ1v) is 5.22. The Labute approximate surface area is 80.5 Å². The van der Waals surface area contributed by atoms with Gasteiger partial charge in [-0.05, 0) is 25.8 Å². The number of amides is 1. The van der Waals surface area contributed by atoms with Crippen LogP contribution in [0.3, 0.4) is 0 Å². The third kappa shape index (κ3) is 2.99. The monoisotopic (exact) mass is 184 g/mol. The summed E-state index contributed by atoms with van der Waals surface area (Å²) in [6, 6.07) is 0.536. The van der Waals surface area contributed by atoms with Gasteiger partial charge in [0.2, 0.25) is 5.91 Å². The van der Waals surface area contributed by atoms with Gasteiger partial charge in [0.1, 0.15) is 0 Å². The highest BCUT2D eigenvalue weighted by Crippen LogP contribution is 2.23. The van der Waals surface area contributed by atoms with Crippen LogP contribution in [0.4, 0.5) is 0 Å². The molecule has 0 spiro atoms. The highest BCUT2D eigenvalue weighted by atomic mass is 16.2. The van der Waals surface area contributed by atoms with Crippen LogP contribution in [0.5, 0.6) is 0 Å². The Kier molecular flexibility index (Phi) is 4.22. The summed E-state index contributed by atoms with van der Waals surface area (Å²) in [5.41, 5.74) is 0. The maximum atomic E-state index is 11.5. The molecule has 0 saturated heterocycles. The van der Waals surface area contributed by atoms with Gasteiger partial charge >= 0.3 is 0 Å². The average Bonchev–Trinajstić information content (AvgIpc) is 2.01. The SMILES string of the molecule is CCNCCC(=O)N(C)C1CCC1. The minimum atomic E-state index is 0.283. The predicted molar refractivity (Wildman–Crippen MR) is 53.6 cm³/mol. The van der Waals surface area contributed by atoms with E-state index in [0.29, 0.717) is 12.5 Å². The van der Waals surface area contributed by atoms with E-state index in [1.807, 2.05) is 11.9 Å². The number of rotatable bonds is 5. The molecule has 0 bridgehead atoms. The standard InChI is InChI=1S/C10H20N2O/c1-3-11-8-7-10(13)12(2)9-5-4-6-9/h9,11H,3-8H2,1-2H3. The minimum absolute atomic E-state index is 0.283. The maximum absolute atomic E-state index is 11.5. The molecule has 0 aliphatic heterocycles. The molecule has 0 aromatic carbocycles. The van der Waals surface area contributed by atoms with Crippen molar-refractivity contribution in [3.8, 4) is 0 Å². The number of nitrogens with one attached hydrogen (secondary N) is 1. The van der Waals surface area contributed by atoms with Crippen molar-refractivity contribution >= 4 is 5.91 Å². The molecule has 0 aromatic rings. The Morgan fingerprint density at radius 1 is 1.54 bits per heavy atom. The average molecular weight is 184 g/mol. The second-order valence-corrected chi connectivity index (χ2v) is 3.69. The van der Waals surface area contributed by atoms with Crippen LogP contribution in [0.2, 0.25) is 0 Å². The molecular formula is C10H20N2O. The van der Waals surface area contributed by atoms with Crippen molar-refractivity contribution in [1.82, 2.24) is 10.2 Å². The molecule has 76 valence electrons. The quantitative estimate of drug-likeness (QED) is 0.646. The van der Waals surface area contributed by atoms with Gasteiger partial charge < -0.3 is 10.2 Å². The van der Waals surface area contributed by atoms with Crippen molar-refractivity contribution in [2.45, 2.75) is 38.6 Å². The van der Waals surface area contributed by atoms with Crippen molar-refractivity contribution in [3.05, 3.63) is 0 Å². The molecule has 0 radical (unpaired) electrons. The van der Waals surface area contributed by atoms with Crippen molar-refractivity contribution in [3.63, 3.8) is 0 Å². The van der Waals surface area contributed by atoms with Gasteiger partial charge in [0, 0.05) is 26.1 Å². The van der Waals surface area contributed by atoms with Crippen LogP contribution in [-0.2, 0) is 4.79 Å². The Morgan fingerprint density at radius 3 is 2.69 bits per heavy atom. The van der Waals surface area contributed by atoms with E-state index in [9.17, 15) is 4.79 Å². The minimum Gasteiger partial charge on any atom is -0.343 e. The first-order chi connectivity index (χ1) is 6.25. The predicted octanol–water partition coefficient (Wildman–Crippen LogP) is 0.997. The normalized spacial score (nSPS) is 16.8. The van der Waals surface area contributed by atoms with E-state index >= 15 is 0 Å². The van der Waals surface area contributed by atoms with Crippen LogP contribution in [0.15, 0.2) is 0 Å². The fraction of sp³-hybridized carbons (Fsp3) is 0.900. The lowest BCUT2D eigenvalue weighted by molar-refractivity contribution is -0.133. The number of hydrogen-bond donors (Lipinski definition) is 1. The molecule has 13 heavy (non-hydrogen) atoms. The number of hydrogen-bond acceptors (Lipinski definition) is 2. The van der Waals surface area contributed by atoms with E-state index in [4.69, 9.17) is 0 Å². The highest BCUT2D eigenvalue weighted by Gasteiger charge is 2.24. The lowest BCUT2D eigenvalue weighted by atomic mass is 9.92. The third-order valence-corrected chi connectivity index (χ3v) is 2.78. The van der Waals surface area contributed by atoms with Gasteiger partial charge in [-0.1, -0.05) is 6.92 Å². The molecule has 0 unspecified atom stereocenters. The van der Waals surface area contributed by atoms with E-state index in [1.54, 1.807) is 0 Å². The molecule has 1 fully saturated rings. The largest absolute Gasteiger partial charge is 0.343 e. The summed E-state index contributed by atoms with van der Waals surface area (Å²) >= 11 is 0. The third-order valence-electron chi connectivity index (χ3n) is 2.78. The maximum Gasteiger partial charge on any atom is 0.223 e. The number of nitrogens with zero attached hydrogens (tertiary/aromatic N) is 1. The summed E-state index contributed by atoms with van der Waals surface area (Å²) in [6.45, 7) is 3.81. The summed E-state index contributed by atoms with van der Waals surface area (Å²) in [6.07, 6.45) is 4.32. The smallest absolute Gasteiger partial charge is 0.223 e. The molecule has 1 aliphatic rings. The molecule has 1 rings (SSSR count). The zero-order valence-corrected chi connectivity index (χ0v) is 8.68. The molecule has 0 aromatic heterocycles. The summed E-state index contributed by atoms with van der Waals surface area (Å²) in [5, 5.41) is 3.16. The van der Waals surface area contributed by atoms with Crippen LogP contribution >= 0.6 is 0 Å². The molecular weight excluding hydrogens is 164 g/mol. The van der Waals surface area contributed by atoms with E-state index in [0.717, 1.165) is 13.1 Å². The second kappa shape index (κ2) is 5.22. The summed E-state index contributed by atoms with van der Waals surface area (Å²) in [7, 11) is 1.93. The lowest BCUT2D eigenvalue weighted by Crippen LogP contribution is -2.42. The number of carbonyl (C=O) groups excluding carboxylic acids is 1. The van der Waals surface area contributed by atoms with Gasteiger partial charge in [0.25, 0.3) is 0 Å². The molecule has 1 amide bonds. The van der Waals surface area contributed by atoms with Crippen molar-refractivity contribution < 1.29 is 4.79 Å². The Bertz CT molecular complexity index is 166.